The molecule has 0 fully saturated rings. The number of hydrogen-bond donors (Lipinski definition) is 4. The van der Waals surface area contributed by atoms with Crippen LogP contribution in [0.3, 0.4) is 0 Å². The molecule has 7 heteroatoms. The van der Waals surface area contributed by atoms with Crippen LogP contribution in [0, 0.1) is 0 Å². The van der Waals surface area contributed by atoms with Gasteiger partial charge in [-0.05, 0) is 5.56 Å². The van der Waals surface area contributed by atoms with Crippen molar-refractivity contribution in [2.24, 2.45) is 11.5 Å². The molecular weight excluding hydrogens is 256 g/mol. The molecule has 0 spiro atoms. The lowest BCUT2D eigenvalue weighted by Gasteiger charge is -2.20. The van der Waals surface area contributed by atoms with E-state index in [0.717, 1.165) is 0 Å². The lowest BCUT2D eigenvalue weighted by molar-refractivity contribution is -0.0759. The zero-order chi connectivity index (χ0) is 13.7. The Morgan fingerprint density at radius 2 is 1.89 bits per heavy atom. The summed E-state index contributed by atoms with van der Waals surface area (Å²) in [6, 6.07) is 6.56. The van der Waals surface area contributed by atoms with Crippen LogP contribution in [0.5, 0.6) is 0 Å². The maximum Gasteiger partial charge on any atom is 0.406 e. The van der Waals surface area contributed by atoms with Gasteiger partial charge in [0.05, 0.1) is 12.5 Å². The molecule has 98 valence electrons. The molecule has 2 unspecified atom stereocenters. The topological polar surface area (TPSA) is 119 Å². The summed E-state index contributed by atoms with van der Waals surface area (Å²) in [6.45, 7) is -0.402. The number of thiocarbonyl (C=S) groups is 1. The van der Waals surface area contributed by atoms with Crippen molar-refractivity contribution in [1.29, 1.82) is 0 Å². The van der Waals surface area contributed by atoms with Crippen molar-refractivity contribution in [2.45, 2.75) is 12.2 Å². The van der Waals surface area contributed by atoms with Crippen LogP contribution in [0.25, 0.3) is 0 Å². The maximum atomic E-state index is 10.5. The second kappa shape index (κ2) is 6.29. The highest BCUT2D eigenvalue weighted by molar-refractivity contribution is 7.80. The molecule has 0 saturated heterocycles. The molecule has 0 aromatic heterocycles. The Morgan fingerprint density at radius 1 is 1.33 bits per heavy atom. The first-order valence-corrected chi connectivity index (χ1v) is 5.51. The van der Waals surface area contributed by atoms with Gasteiger partial charge in [0.15, 0.2) is 0 Å². The molecule has 18 heavy (non-hydrogen) atoms. The molecule has 0 radical (unpaired) electrons. The van der Waals surface area contributed by atoms with E-state index in [1.165, 1.54) is 0 Å². The number of primary amides is 1. The molecule has 6 nitrogen and oxygen atoms in total. The molecule has 1 aromatic carbocycles. The number of carbonyl (C=O) groups is 1. The SMILES string of the molecule is NC(=O)OC(O)C(CO)c1ccc(C(N)=S)cc1. The van der Waals surface area contributed by atoms with Crippen LogP contribution in [-0.2, 0) is 4.74 Å². The highest BCUT2D eigenvalue weighted by Gasteiger charge is 2.23. The van der Waals surface area contributed by atoms with E-state index in [4.69, 9.17) is 23.7 Å². The number of benzene rings is 1. The summed E-state index contributed by atoms with van der Waals surface area (Å²) in [6.07, 6.45) is -2.62. The lowest BCUT2D eigenvalue weighted by atomic mass is 9.98. The minimum atomic E-state index is -1.51. The first-order chi connectivity index (χ1) is 8.45. The summed E-state index contributed by atoms with van der Waals surface area (Å²) in [7, 11) is 0. The van der Waals surface area contributed by atoms with Crippen LogP contribution >= 0.6 is 12.2 Å². The van der Waals surface area contributed by atoms with Gasteiger partial charge in [-0.2, -0.15) is 0 Å². The molecule has 0 aliphatic carbocycles. The van der Waals surface area contributed by atoms with Crippen molar-refractivity contribution in [3.8, 4) is 0 Å². The number of ether oxygens (including phenoxy) is 1. The first-order valence-electron chi connectivity index (χ1n) is 5.10. The Labute approximate surface area is 109 Å². The average Bonchev–Trinajstić information content (AvgIpc) is 2.29. The number of hydrogen-bond acceptors (Lipinski definition) is 5. The van der Waals surface area contributed by atoms with Gasteiger partial charge in [0, 0.05) is 5.56 Å². The van der Waals surface area contributed by atoms with Gasteiger partial charge in [-0.3, -0.25) is 0 Å². The van der Waals surface area contributed by atoms with Gasteiger partial charge < -0.3 is 26.4 Å². The predicted octanol–water partition coefficient (Wildman–Crippen LogP) is -0.190. The minimum absolute atomic E-state index is 0.246. The summed E-state index contributed by atoms with van der Waals surface area (Å²) in [5.41, 5.74) is 11.5. The summed E-state index contributed by atoms with van der Waals surface area (Å²) in [5.74, 6) is -0.780. The summed E-state index contributed by atoms with van der Waals surface area (Å²) in [5, 5.41) is 18.8. The molecule has 6 N–H and O–H groups in total. The van der Waals surface area contributed by atoms with Crippen LogP contribution in [0.2, 0.25) is 0 Å². The summed E-state index contributed by atoms with van der Waals surface area (Å²) in [4.78, 5) is 10.8. The average molecular weight is 270 g/mol. The molecule has 0 aliphatic rings. The van der Waals surface area contributed by atoms with Gasteiger partial charge in [0.2, 0.25) is 6.29 Å². The van der Waals surface area contributed by atoms with Crippen LogP contribution in [0.15, 0.2) is 24.3 Å². The van der Waals surface area contributed by atoms with Gasteiger partial charge in [0.1, 0.15) is 4.99 Å². The van der Waals surface area contributed by atoms with Crippen molar-refractivity contribution in [3.63, 3.8) is 0 Å². The fourth-order valence-electron chi connectivity index (χ4n) is 1.46. The molecule has 1 amide bonds. The highest BCUT2D eigenvalue weighted by atomic mass is 32.1. The zero-order valence-electron chi connectivity index (χ0n) is 9.45. The van der Waals surface area contributed by atoms with Crippen molar-refractivity contribution in [1.82, 2.24) is 0 Å². The Bertz CT molecular complexity index is 435. The third-order valence-electron chi connectivity index (χ3n) is 2.40. The molecule has 0 bridgehead atoms. The monoisotopic (exact) mass is 270 g/mol. The van der Waals surface area contributed by atoms with Crippen LogP contribution in [0.1, 0.15) is 17.0 Å². The number of rotatable bonds is 5. The fourth-order valence-corrected chi connectivity index (χ4v) is 1.59. The first kappa shape index (κ1) is 14.4. The van der Waals surface area contributed by atoms with Gasteiger partial charge in [-0.1, -0.05) is 36.5 Å². The molecule has 0 heterocycles. The standard InChI is InChI=1S/C11H14N2O4S/c12-9(18)7-3-1-6(2-4-7)8(5-14)10(15)17-11(13)16/h1-4,8,10,14-15H,5H2,(H2,12,18)(H2,13,16). The third kappa shape index (κ3) is 3.66. The van der Waals surface area contributed by atoms with E-state index in [9.17, 15) is 15.0 Å². The largest absolute Gasteiger partial charge is 0.419 e. The van der Waals surface area contributed by atoms with Crippen molar-refractivity contribution in [3.05, 3.63) is 35.4 Å². The van der Waals surface area contributed by atoms with Crippen molar-refractivity contribution in [2.75, 3.05) is 6.61 Å². The molecule has 0 saturated carbocycles. The Hall–Kier alpha value is -1.70. The second-order valence-electron chi connectivity index (χ2n) is 3.60. The van der Waals surface area contributed by atoms with E-state index in [-0.39, 0.29) is 4.99 Å². The van der Waals surface area contributed by atoms with E-state index < -0.39 is 24.9 Å². The Kier molecular flexibility index (Phi) is 5.02. The highest BCUT2D eigenvalue weighted by Crippen LogP contribution is 2.20. The van der Waals surface area contributed by atoms with E-state index in [0.29, 0.717) is 11.1 Å². The normalized spacial score (nSPS) is 13.7. The minimum Gasteiger partial charge on any atom is -0.419 e. The van der Waals surface area contributed by atoms with Crippen LogP contribution in [-0.4, -0.2) is 34.2 Å². The van der Waals surface area contributed by atoms with Crippen molar-refractivity contribution >= 4 is 23.3 Å². The fraction of sp³-hybridized carbons (Fsp3) is 0.273. The van der Waals surface area contributed by atoms with E-state index >= 15 is 0 Å². The van der Waals surface area contributed by atoms with Gasteiger partial charge in [0.25, 0.3) is 0 Å². The summed E-state index contributed by atoms with van der Waals surface area (Å²) >= 11 is 4.80. The molecular formula is C11H14N2O4S. The predicted molar refractivity (Wildman–Crippen MR) is 68.8 cm³/mol. The Balaban J connectivity index is 2.88. The van der Waals surface area contributed by atoms with Gasteiger partial charge >= 0.3 is 6.09 Å². The number of aliphatic hydroxyl groups excluding tert-OH is 2. The number of nitrogens with two attached hydrogens (primary N) is 2. The van der Waals surface area contributed by atoms with E-state index in [1.54, 1.807) is 24.3 Å². The second-order valence-corrected chi connectivity index (χ2v) is 4.04. The van der Waals surface area contributed by atoms with Gasteiger partial charge in [-0.25, -0.2) is 4.79 Å². The molecule has 1 aromatic rings. The van der Waals surface area contributed by atoms with E-state index in [1.807, 2.05) is 0 Å². The zero-order valence-corrected chi connectivity index (χ0v) is 10.3. The Morgan fingerprint density at radius 3 is 2.28 bits per heavy atom. The lowest BCUT2D eigenvalue weighted by Crippen LogP contribution is -2.30. The number of aliphatic hydroxyl groups is 2. The quantitative estimate of drug-likeness (QED) is 0.435. The van der Waals surface area contributed by atoms with Crippen LogP contribution in [0.4, 0.5) is 4.79 Å². The van der Waals surface area contributed by atoms with Gasteiger partial charge in [-0.15, -0.1) is 0 Å². The summed E-state index contributed by atoms with van der Waals surface area (Å²) < 4.78 is 4.42. The maximum absolute atomic E-state index is 10.5. The smallest absolute Gasteiger partial charge is 0.406 e. The van der Waals surface area contributed by atoms with Crippen LogP contribution < -0.4 is 11.5 Å². The molecule has 0 aliphatic heterocycles. The number of amides is 1. The number of carbonyl (C=O) groups excluding carboxylic acids is 1. The van der Waals surface area contributed by atoms with E-state index in [2.05, 4.69) is 4.74 Å². The third-order valence-corrected chi connectivity index (χ3v) is 2.64. The molecule has 2 atom stereocenters. The molecule has 1 rings (SSSR count). The van der Waals surface area contributed by atoms with Crippen molar-refractivity contribution < 1.29 is 19.7 Å².